The van der Waals surface area contributed by atoms with Crippen LogP contribution >= 0.6 is 11.8 Å². The lowest BCUT2D eigenvalue weighted by Crippen LogP contribution is -2.51. The molecule has 22 heavy (non-hydrogen) atoms. The molecule has 0 saturated carbocycles. The second kappa shape index (κ2) is 7.13. The predicted molar refractivity (Wildman–Crippen MR) is 85.1 cm³/mol. The molecule has 2 rings (SSSR count). The average Bonchev–Trinajstić information content (AvgIpc) is 3.16. The molecule has 1 aromatic rings. The number of thioether (sulfide) groups is 1. The molecule has 7 nitrogen and oxygen atoms in total. The number of rotatable bonds is 5. The van der Waals surface area contributed by atoms with Gasteiger partial charge in [-0.15, -0.1) is 11.8 Å². The fourth-order valence-corrected chi connectivity index (χ4v) is 3.30. The zero-order valence-corrected chi connectivity index (χ0v) is 14.2. The van der Waals surface area contributed by atoms with E-state index in [1.165, 1.54) is 17.3 Å². The fourth-order valence-electron chi connectivity index (χ4n) is 2.13. The van der Waals surface area contributed by atoms with Crippen LogP contribution in [0.4, 0.5) is 0 Å². The zero-order valence-electron chi connectivity index (χ0n) is 13.4. The van der Waals surface area contributed by atoms with Crippen molar-refractivity contribution in [1.29, 1.82) is 0 Å². The molecule has 1 aliphatic rings. The Hall–Kier alpha value is -1.57. The van der Waals surface area contributed by atoms with Gasteiger partial charge in [-0.1, -0.05) is 13.8 Å². The summed E-state index contributed by atoms with van der Waals surface area (Å²) in [4.78, 5) is 30.6. The van der Waals surface area contributed by atoms with Crippen molar-refractivity contribution in [1.82, 2.24) is 25.0 Å². The van der Waals surface area contributed by atoms with Gasteiger partial charge in [0.2, 0.25) is 11.8 Å². The van der Waals surface area contributed by atoms with E-state index in [2.05, 4.69) is 29.2 Å². The van der Waals surface area contributed by atoms with Crippen LogP contribution in [-0.4, -0.2) is 55.2 Å². The highest BCUT2D eigenvalue weighted by molar-refractivity contribution is 7.99. The summed E-state index contributed by atoms with van der Waals surface area (Å²) in [5.74, 6) is 1.34. The van der Waals surface area contributed by atoms with E-state index < -0.39 is 12.1 Å². The van der Waals surface area contributed by atoms with Crippen molar-refractivity contribution in [2.45, 2.75) is 45.8 Å². The van der Waals surface area contributed by atoms with Crippen LogP contribution in [0.25, 0.3) is 0 Å². The van der Waals surface area contributed by atoms with Gasteiger partial charge in [0, 0.05) is 11.8 Å². The maximum Gasteiger partial charge on any atom is 0.248 e. The molecule has 1 aromatic heterocycles. The van der Waals surface area contributed by atoms with Crippen LogP contribution in [0, 0.1) is 5.92 Å². The summed E-state index contributed by atoms with van der Waals surface area (Å²) >= 11 is 1.60. The van der Waals surface area contributed by atoms with E-state index in [4.69, 9.17) is 0 Å². The number of carbonyl (C=O) groups is 2. The second-order valence-electron chi connectivity index (χ2n) is 5.92. The van der Waals surface area contributed by atoms with E-state index >= 15 is 0 Å². The molecule has 1 saturated heterocycles. The Kier molecular flexibility index (Phi) is 5.44. The van der Waals surface area contributed by atoms with E-state index in [0.29, 0.717) is 17.5 Å². The first-order valence-electron chi connectivity index (χ1n) is 7.44. The summed E-state index contributed by atoms with van der Waals surface area (Å²) < 4.78 is 1.51. The molecular weight excluding hydrogens is 302 g/mol. The lowest BCUT2D eigenvalue weighted by molar-refractivity contribution is -0.140. The maximum absolute atomic E-state index is 12.6. The highest BCUT2D eigenvalue weighted by Crippen LogP contribution is 2.24. The largest absolute Gasteiger partial charge is 0.352 e. The number of hydrogen-bond donors (Lipinski definition) is 1. The molecule has 0 unspecified atom stereocenters. The van der Waals surface area contributed by atoms with E-state index in [-0.39, 0.29) is 17.9 Å². The van der Waals surface area contributed by atoms with Gasteiger partial charge in [0.15, 0.2) is 0 Å². The first kappa shape index (κ1) is 16.8. The van der Waals surface area contributed by atoms with E-state index in [1.54, 1.807) is 23.6 Å². The Morgan fingerprint density at radius 1 is 1.32 bits per heavy atom. The highest BCUT2D eigenvalue weighted by Gasteiger charge is 2.37. The molecule has 1 fully saturated rings. The van der Waals surface area contributed by atoms with Gasteiger partial charge in [0.05, 0.1) is 5.88 Å². The highest BCUT2D eigenvalue weighted by atomic mass is 32.2. The number of hydrogen-bond acceptors (Lipinski definition) is 5. The quantitative estimate of drug-likeness (QED) is 0.870. The third-order valence-electron chi connectivity index (χ3n) is 4.03. The van der Waals surface area contributed by atoms with Gasteiger partial charge in [0.1, 0.15) is 24.7 Å². The SMILES string of the molecule is CC(C)[C@H](C)NC(=O)[C@@H]1CSCN1C(=O)[C@@H](C)n1cncn1. The number of amides is 2. The minimum atomic E-state index is -0.459. The van der Waals surface area contributed by atoms with Crippen molar-refractivity contribution in [2.24, 2.45) is 5.92 Å². The number of nitrogens with one attached hydrogen (secondary N) is 1. The van der Waals surface area contributed by atoms with Crippen molar-refractivity contribution in [3.63, 3.8) is 0 Å². The molecule has 0 bridgehead atoms. The molecule has 1 aliphatic heterocycles. The van der Waals surface area contributed by atoms with Gasteiger partial charge in [-0.3, -0.25) is 9.59 Å². The maximum atomic E-state index is 12.6. The minimum Gasteiger partial charge on any atom is -0.352 e. The van der Waals surface area contributed by atoms with E-state index in [0.717, 1.165) is 0 Å². The Balaban J connectivity index is 2.03. The smallest absolute Gasteiger partial charge is 0.248 e. The van der Waals surface area contributed by atoms with E-state index in [1.807, 2.05) is 6.92 Å². The molecule has 3 atom stereocenters. The standard InChI is InChI=1S/C14H23N5O2S/c1-9(2)10(3)17-13(20)12-5-22-8-18(12)14(21)11(4)19-7-15-6-16-19/h6-7,9-12H,5,8H2,1-4H3,(H,17,20)/t10-,11+,12-/m0/s1. The normalized spacial score (nSPS) is 21.0. The lowest BCUT2D eigenvalue weighted by Gasteiger charge is -2.27. The molecule has 2 heterocycles. The van der Waals surface area contributed by atoms with Crippen LogP contribution in [0.15, 0.2) is 12.7 Å². The van der Waals surface area contributed by atoms with Crippen molar-refractivity contribution < 1.29 is 9.59 Å². The molecule has 0 spiro atoms. The van der Waals surface area contributed by atoms with Crippen molar-refractivity contribution >= 4 is 23.6 Å². The van der Waals surface area contributed by atoms with Crippen LogP contribution in [0.1, 0.15) is 33.7 Å². The Bertz CT molecular complexity index is 519. The van der Waals surface area contributed by atoms with Gasteiger partial charge in [-0.25, -0.2) is 9.67 Å². The first-order valence-corrected chi connectivity index (χ1v) is 8.60. The van der Waals surface area contributed by atoms with Crippen molar-refractivity contribution in [2.75, 3.05) is 11.6 Å². The van der Waals surface area contributed by atoms with Crippen molar-refractivity contribution in [3.8, 4) is 0 Å². The van der Waals surface area contributed by atoms with Gasteiger partial charge in [0.25, 0.3) is 0 Å². The van der Waals surface area contributed by atoms with Crippen LogP contribution in [0.2, 0.25) is 0 Å². The molecule has 0 radical (unpaired) electrons. The molecule has 122 valence electrons. The summed E-state index contributed by atoms with van der Waals surface area (Å²) in [7, 11) is 0. The topological polar surface area (TPSA) is 80.1 Å². The monoisotopic (exact) mass is 325 g/mol. The Morgan fingerprint density at radius 3 is 2.64 bits per heavy atom. The zero-order chi connectivity index (χ0) is 16.3. The number of carbonyl (C=O) groups excluding carboxylic acids is 2. The average molecular weight is 325 g/mol. The van der Waals surface area contributed by atoms with Gasteiger partial charge in [-0.05, 0) is 19.8 Å². The first-order chi connectivity index (χ1) is 10.4. The molecular formula is C14H23N5O2S. The Labute approximate surface area is 134 Å². The molecule has 1 N–H and O–H groups in total. The third kappa shape index (κ3) is 3.60. The summed E-state index contributed by atoms with van der Waals surface area (Å²) in [5, 5.41) is 7.00. The predicted octanol–water partition coefficient (Wildman–Crippen LogP) is 0.901. The lowest BCUT2D eigenvalue weighted by atomic mass is 10.1. The van der Waals surface area contributed by atoms with Crippen LogP contribution in [-0.2, 0) is 9.59 Å². The van der Waals surface area contributed by atoms with Gasteiger partial charge >= 0.3 is 0 Å². The summed E-state index contributed by atoms with van der Waals surface area (Å²) in [6.07, 6.45) is 2.92. The fraction of sp³-hybridized carbons (Fsp3) is 0.714. The van der Waals surface area contributed by atoms with Crippen LogP contribution < -0.4 is 5.32 Å². The van der Waals surface area contributed by atoms with Crippen LogP contribution in [0.3, 0.4) is 0 Å². The summed E-state index contributed by atoms with van der Waals surface area (Å²) in [5.41, 5.74) is 0. The second-order valence-corrected chi connectivity index (χ2v) is 6.92. The van der Waals surface area contributed by atoms with Gasteiger partial charge < -0.3 is 10.2 Å². The third-order valence-corrected chi connectivity index (χ3v) is 5.04. The summed E-state index contributed by atoms with van der Waals surface area (Å²) in [6, 6.07) is -0.786. The number of aromatic nitrogens is 3. The van der Waals surface area contributed by atoms with Gasteiger partial charge in [-0.2, -0.15) is 5.10 Å². The molecule has 0 aliphatic carbocycles. The van der Waals surface area contributed by atoms with E-state index in [9.17, 15) is 9.59 Å². The molecule has 2 amide bonds. The molecule has 0 aromatic carbocycles. The van der Waals surface area contributed by atoms with Crippen LogP contribution in [0.5, 0.6) is 0 Å². The number of nitrogens with zero attached hydrogens (tertiary/aromatic N) is 4. The minimum absolute atomic E-state index is 0.0784. The summed E-state index contributed by atoms with van der Waals surface area (Å²) in [6.45, 7) is 7.87. The van der Waals surface area contributed by atoms with Crippen molar-refractivity contribution in [3.05, 3.63) is 12.7 Å². The Morgan fingerprint density at radius 2 is 2.05 bits per heavy atom. The molecule has 8 heteroatoms.